The number of fused-ring (bicyclic) bond motifs is 1. The summed E-state index contributed by atoms with van der Waals surface area (Å²) >= 11 is 0. The van der Waals surface area contributed by atoms with Gasteiger partial charge in [0.25, 0.3) is 11.5 Å². The van der Waals surface area contributed by atoms with E-state index in [0.717, 1.165) is 18.5 Å². The lowest BCUT2D eigenvalue weighted by molar-refractivity contribution is 0.0944. The minimum Gasteiger partial charge on any atom is -0.350 e. The van der Waals surface area contributed by atoms with Crippen molar-refractivity contribution in [3.05, 3.63) is 87.9 Å². The standard InChI is InChI=1S/C25H23FN4O2/c1-15-8-11-20-22(29-15)21(18-6-4-12-27-24(18)31)23(25(32)28-13-16-9-10-16)30(20)14-17-5-2-3-7-19(17)26/h2-8,11-12,16H,9-10,13-14H2,1H3,(H,27,31)(H,28,32). The Balaban J connectivity index is 1.77. The number of nitrogens with one attached hydrogen (secondary N) is 2. The van der Waals surface area contributed by atoms with E-state index in [2.05, 4.69) is 15.3 Å². The molecular weight excluding hydrogens is 407 g/mol. The van der Waals surface area contributed by atoms with Gasteiger partial charge in [0.15, 0.2) is 0 Å². The Labute approximate surface area is 184 Å². The van der Waals surface area contributed by atoms with Gasteiger partial charge in [0.05, 0.1) is 23.1 Å². The molecule has 3 heterocycles. The number of amides is 1. The first-order valence-corrected chi connectivity index (χ1v) is 10.7. The van der Waals surface area contributed by atoms with Gasteiger partial charge >= 0.3 is 0 Å². The molecule has 0 radical (unpaired) electrons. The van der Waals surface area contributed by atoms with Crippen LogP contribution in [0.25, 0.3) is 22.2 Å². The highest BCUT2D eigenvalue weighted by Crippen LogP contribution is 2.34. The van der Waals surface area contributed by atoms with Gasteiger partial charge in [-0.15, -0.1) is 0 Å². The Morgan fingerprint density at radius 3 is 2.75 bits per heavy atom. The van der Waals surface area contributed by atoms with Gasteiger partial charge in [-0.3, -0.25) is 14.6 Å². The van der Waals surface area contributed by atoms with Crippen LogP contribution in [-0.4, -0.2) is 27.0 Å². The molecule has 0 aliphatic heterocycles. The van der Waals surface area contributed by atoms with E-state index < -0.39 is 0 Å². The predicted octanol–water partition coefficient (Wildman–Crippen LogP) is 4.03. The summed E-state index contributed by atoms with van der Waals surface area (Å²) in [6, 6.07) is 13.6. The van der Waals surface area contributed by atoms with Gasteiger partial charge in [0.1, 0.15) is 11.5 Å². The monoisotopic (exact) mass is 430 g/mol. The molecule has 4 aromatic rings. The summed E-state index contributed by atoms with van der Waals surface area (Å²) < 4.78 is 16.3. The molecule has 1 fully saturated rings. The van der Waals surface area contributed by atoms with Gasteiger partial charge in [0.2, 0.25) is 0 Å². The number of aryl methyl sites for hydroxylation is 1. The third-order valence-electron chi connectivity index (χ3n) is 5.88. The van der Waals surface area contributed by atoms with Crippen LogP contribution >= 0.6 is 0 Å². The number of hydrogen-bond acceptors (Lipinski definition) is 3. The number of carbonyl (C=O) groups is 1. The van der Waals surface area contributed by atoms with E-state index in [1.54, 1.807) is 41.1 Å². The fraction of sp³-hybridized carbons (Fsp3) is 0.240. The summed E-state index contributed by atoms with van der Waals surface area (Å²) in [6.45, 7) is 2.58. The van der Waals surface area contributed by atoms with Crippen LogP contribution in [0.15, 0.2) is 59.5 Å². The zero-order valence-electron chi connectivity index (χ0n) is 17.7. The summed E-state index contributed by atoms with van der Waals surface area (Å²) in [5.41, 5.74) is 3.28. The molecule has 0 atom stereocenters. The maximum Gasteiger partial charge on any atom is 0.268 e. The van der Waals surface area contributed by atoms with E-state index in [4.69, 9.17) is 0 Å². The number of rotatable bonds is 6. The van der Waals surface area contributed by atoms with Crippen molar-refractivity contribution in [3.63, 3.8) is 0 Å². The molecule has 2 N–H and O–H groups in total. The number of hydrogen-bond donors (Lipinski definition) is 2. The van der Waals surface area contributed by atoms with Crippen LogP contribution in [0.3, 0.4) is 0 Å². The molecule has 1 aliphatic carbocycles. The van der Waals surface area contributed by atoms with Crippen molar-refractivity contribution in [1.29, 1.82) is 0 Å². The van der Waals surface area contributed by atoms with Crippen molar-refractivity contribution < 1.29 is 9.18 Å². The lowest BCUT2D eigenvalue weighted by atomic mass is 10.1. The first-order valence-electron chi connectivity index (χ1n) is 10.7. The molecule has 6 nitrogen and oxygen atoms in total. The Morgan fingerprint density at radius 1 is 1.19 bits per heavy atom. The smallest absolute Gasteiger partial charge is 0.268 e. The fourth-order valence-corrected chi connectivity index (χ4v) is 4.03. The molecule has 1 aliphatic rings. The van der Waals surface area contributed by atoms with Crippen LogP contribution < -0.4 is 10.9 Å². The normalized spacial score (nSPS) is 13.4. The summed E-state index contributed by atoms with van der Waals surface area (Å²) in [5, 5.41) is 3.01. The number of pyridine rings is 2. The highest BCUT2D eigenvalue weighted by atomic mass is 19.1. The zero-order chi connectivity index (χ0) is 22.2. The first kappa shape index (κ1) is 20.2. The highest BCUT2D eigenvalue weighted by molar-refractivity contribution is 6.09. The van der Waals surface area contributed by atoms with E-state index in [9.17, 15) is 14.0 Å². The van der Waals surface area contributed by atoms with Crippen molar-refractivity contribution in [3.8, 4) is 11.1 Å². The first-order chi connectivity index (χ1) is 15.5. The molecule has 0 unspecified atom stereocenters. The Hall–Kier alpha value is -3.74. The average Bonchev–Trinajstić information content (AvgIpc) is 3.56. The van der Waals surface area contributed by atoms with Crippen LogP contribution in [0.4, 0.5) is 4.39 Å². The van der Waals surface area contributed by atoms with Crippen molar-refractivity contribution in [2.45, 2.75) is 26.3 Å². The quantitative estimate of drug-likeness (QED) is 0.485. The number of carbonyl (C=O) groups excluding carboxylic acids is 1. The predicted molar refractivity (Wildman–Crippen MR) is 121 cm³/mol. The summed E-state index contributed by atoms with van der Waals surface area (Å²) in [7, 11) is 0. The number of aromatic amines is 1. The molecule has 32 heavy (non-hydrogen) atoms. The largest absolute Gasteiger partial charge is 0.350 e. The molecule has 0 bridgehead atoms. The van der Waals surface area contributed by atoms with Crippen LogP contribution in [0, 0.1) is 18.7 Å². The summed E-state index contributed by atoms with van der Waals surface area (Å²) in [6.07, 6.45) is 3.75. The van der Waals surface area contributed by atoms with Gasteiger partial charge in [-0.25, -0.2) is 4.39 Å². The van der Waals surface area contributed by atoms with Crippen LogP contribution in [-0.2, 0) is 6.54 Å². The van der Waals surface area contributed by atoms with Crippen molar-refractivity contribution >= 4 is 16.9 Å². The van der Waals surface area contributed by atoms with E-state index in [1.807, 2.05) is 19.1 Å². The lowest BCUT2D eigenvalue weighted by Crippen LogP contribution is -2.29. The summed E-state index contributed by atoms with van der Waals surface area (Å²) in [4.78, 5) is 33.6. The number of aromatic nitrogens is 3. The van der Waals surface area contributed by atoms with Crippen molar-refractivity contribution in [2.75, 3.05) is 6.54 Å². The van der Waals surface area contributed by atoms with Gasteiger partial charge in [-0.2, -0.15) is 0 Å². The average molecular weight is 430 g/mol. The molecule has 7 heteroatoms. The number of H-pyrrole nitrogens is 1. The second-order valence-corrected chi connectivity index (χ2v) is 8.29. The fourth-order valence-electron chi connectivity index (χ4n) is 4.03. The molecule has 0 spiro atoms. The van der Waals surface area contributed by atoms with Gasteiger partial charge in [0, 0.05) is 29.6 Å². The van der Waals surface area contributed by atoms with Crippen LogP contribution in [0.5, 0.6) is 0 Å². The zero-order valence-corrected chi connectivity index (χ0v) is 17.7. The molecule has 162 valence electrons. The third-order valence-corrected chi connectivity index (χ3v) is 5.88. The SMILES string of the molecule is Cc1ccc2c(n1)c(-c1ccc[nH]c1=O)c(C(=O)NCC1CC1)n2Cc1ccccc1F. The minimum absolute atomic E-state index is 0.144. The second-order valence-electron chi connectivity index (χ2n) is 8.29. The molecule has 1 aromatic carbocycles. The minimum atomic E-state index is -0.349. The van der Waals surface area contributed by atoms with E-state index in [0.29, 0.717) is 45.9 Å². The molecule has 0 saturated heterocycles. The molecular formula is C25H23FN4O2. The molecule has 1 amide bonds. The van der Waals surface area contributed by atoms with Crippen LogP contribution in [0.2, 0.25) is 0 Å². The van der Waals surface area contributed by atoms with E-state index >= 15 is 0 Å². The number of halogens is 1. The molecule has 3 aromatic heterocycles. The number of benzene rings is 1. The van der Waals surface area contributed by atoms with Crippen molar-refractivity contribution in [1.82, 2.24) is 19.9 Å². The topological polar surface area (TPSA) is 79.8 Å². The summed E-state index contributed by atoms with van der Waals surface area (Å²) in [5.74, 6) is -0.146. The maximum absolute atomic E-state index is 14.5. The highest BCUT2D eigenvalue weighted by Gasteiger charge is 2.28. The maximum atomic E-state index is 14.5. The van der Waals surface area contributed by atoms with Gasteiger partial charge in [-0.05, 0) is 56.0 Å². The Morgan fingerprint density at radius 2 is 2.00 bits per heavy atom. The number of nitrogens with zero attached hydrogens (tertiary/aromatic N) is 2. The Bertz CT molecular complexity index is 1380. The molecule has 1 saturated carbocycles. The van der Waals surface area contributed by atoms with E-state index in [1.165, 1.54) is 6.07 Å². The molecule has 5 rings (SSSR count). The third kappa shape index (κ3) is 3.70. The Kier molecular flexibility index (Phi) is 5.09. The van der Waals surface area contributed by atoms with Crippen LogP contribution in [0.1, 0.15) is 34.6 Å². The lowest BCUT2D eigenvalue weighted by Gasteiger charge is -2.13. The van der Waals surface area contributed by atoms with Gasteiger partial charge < -0.3 is 14.9 Å². The van der Waals surface area contributed by atoms with E-state index in [-0.39, 0.29) is 23.8 Å². The second kappa shape index (κ2) is 8.07. The van der Waals surface area contributed by atoms with Gasteiger partial charge in [-0.1, -0.05) is 18.2 Å². The van der Waals surface area contributed by atoms with Crippen molar-refractivity contribution in [2.24, 2.45) is 5.92 Å².